The Morgan fingerprint density at radius 2 is 1.82 bits per heavy atom. The molecule has 1 aromatic heterocycles. The fourth-order valence-electron chi connectivity index (χ4n) is 1.08. The van der Waals surface area contributed by atoms with Crippen molar-refractivity contribution in [3.8, 4) is 11.8 Å². The van der Waals surface area contributed by atoms with Gasteiger partial charge in [0.05, 0.1) is 5.56 Å². The second-order valence-corrected chi connectivity index (χ2v) is 3.82. The first-order valence-electron chi connectivity index (χ1n) is 4.39. The number of rotatable bonds is 2. The number of hydrogen-bond acceptors (Lipinski definition) is 5. The van der Waals surface area contributed by atoms with E-state index in [4.69, 9.17) is 10.5 Å². The number of nitrogens with two attached hydrogens (primary N) is 1. The Kier molecular flexibility index (Phi) is 2.88. The highest BCUT2D eigenvalue weighted by atomic mass is 32.1. The summed E-state index contributed by atoms with van der Waals surface area (Å²) in [6.45, 7) is 0. The van der Waals surface area contributed by atoms with Gasteiger partial charge in [-0.2, -0.15) is 18.2 Å². The maximum atomic E-state index is 12.3. The molecule has 0 amide bonds. The van der Waals surface area contributed by atoms with Gasteiger partial charge in [-0.05, 0) is 24.3 Å². The molecule has 1 aromatic carbocycles. The minimum absolute atomic E-state index is 0.0206. The van der Waals surface area contributed by atoms with Gasteiger partial charge in [-0.3, -0.25) is 0 Å². The highest BCUT2D eigenvalue weighted by molar-refractivity contribution is 7.09. The van der Waals surface area contributed by atoms with Gasteiger partial charge in [0.25, 0.3) is 0 Å². The van der Waals surface area contributed by atoms with Crippen LogP contribution in [0.5, 0.6) is 11.8 Å². The minimum Gasteiger partial charge on any atom is -0.424 e. The fraction of sp³-hybridized carbons (Fsp3) is 0.111. The lowest BCUT2D eigenvalue weighted by atomic mass is 10.2. The molecule has 8 heteroatoms. The maximum absolute atomic E-state index is 12.3. The third-order valence-electron chi connectivity index (χ3n) is 1.81. The van der Waals surface area contributed by atoms with Gasteiger partial charge < -0.3 is 10.5 Å². The fourth-order valence-corrected chi connectivity index (χ4v) is 1.45. The van der Waals surface area contributed by atoms with E-state index in [1.54, 1.807) is 0 Å². The highest BCUT2D eigenvalue weighted by Gasteiger charge is 2.30. The largest absolute Gasteiger partial charge is 0.424 e. The first-order chi connectivity index (χ1) is 7.95. The van der Waals surface area contributed by atoms with Crippen molar-refractivity contribution in [3.05, 3.63) is 29.8 Å². The van der Waals surface area contributed by atoms with Crippen LogP contribution in [-0.2, 0) is 6.18 Å². The van der Waals surface area contributed by atoms with Gasteiger partial charge in [0, 0.05) is 11.5 Å². The summed E-state index contributed by atoms with van der Waals surface area (Å²) >= 11 is 0.943. The molecule has 0 bridgehead atoms. The number of hydrogen-bond donors (Lipinski definition) is 1. The molecule has 17 heavy (non-hydrogen) atoms. The standard InChI is InChI=1S/C9H6F3N3OS/c10-9(11,12)5-1-3-6(4-2-5)16-8-14-7(13)17-15-8/h1-4H,(H2,13,14,15). The molecule has 0 aliphatic rings. The minimum atomic E-state index is -4.36. The van der Waals surface area contributed by atoms with Crippen LogP contribution >= 0.6 is 11.5 Å². The molecular weight excluding hydrogens is 255 g/mol. The van der Waals surface area contributed by atoms with E-state index in [2.05, 4.69) is 9.36 Å². The molecule has 2 aromatic rings. The van der Waals surface area contributed by atoms with Gasteiger partial charge in [0.2, 0.25) is 5.13 Å². The van der Waals surface area contributed by atoms with E-state index in [0.29, 0.717) is 0 Å². The van der Waals surface area contributed by atoms with E-state index in [0.717, 1.165) is 23.7 Å². The van der Waals surface area contributed by atoms with Crippen LogP contribution in [0.25, 0.3) is 0 Å². The molecule has 2 rings (SSSR count). The van der Waals surface area contributed by atoms with E-state index in [1.165, 1.54) is 12.1 Å². The number of halogens is 3. The van der Waals surface area contributed by atoms with Crippen LogP contribution in [0.2, 0.25) is 0 Å². The van der Waals surface area contributed by atoms with E-state index in [-0.39, 0.29) is 16.9 Å². The average Bonchev–Trinajstić information content (AvgIpc) is 2.63. The molecule has 0 saturated carbocycles. The van der Waals surface area contributed by atoms with Gasteiger partial charge in [0.15, 0.2) is 0 Å². The second kappa shape index (κ2) is 4.21. The van der Waals surface area contributed by atoms with Crippen LogP contribution in [0.15, 0.2) is 24.3 Å². The quantitative estimate of drug-likeness (QED) is 0.902. The molecular formula is C9H6F3N3OS. The van der Waals surface area contributed by atoms with Crippen molar-refractivity contribution in [1.29, 1.82) is 0 Å². The van der Waals surface area contributed by atoms with Crippen LogP contribution < -0.4 is 10.5 Å². The molecule has 0 spiro atoms. The van der Waals surface area contributed by atoms with E-state index in [1.807, 2.05) is 0 Å². The van der Waals surface area contributed by atoms with E-state index < -0.39 is 11.7 Å². The summed E-state index contributed by atoms with van der Waals surface area (Å²) in [7, 11) is 0. The normalized spacial score (nSPS) is 11.5. The second-order valence-electron chi connectivity index (χ2n) is 3.04. The first-order valence-corrected chi connectivity index (χ1v) is 5.17. The molecule has 0 aliphatic heterocycles. The number of benzene rings is 1. The summed E-state index contributed by atoms with van der Waals surface area (Å²) in [5, 5.41) is 0.229. The summed E-state index contributed by atoms with van der Waals surface area (Å²) in [6, 6.07) is 4.25. The van der Waals surface area contributed by atoms with Crippen molar-refractivity contribution in [2.45, 2.75) is 6.18 Å². The van der Waals surface area contributed by atoms with Crippen molar-refractivity contribution < 1.29 is 17.9 Å². The Bertz CT molecular complexity index is 509. The number of nitrogen functional groups attached to an aromatic ring is 1. The zero-order valence-electron chi connectivity index (χ0n) is 8.23. The van der Waals surface area contributed by atoms with Crippen LogP contribution in [-0.4, -0.2) is 9.36 Å². The van der Waals surface area contributed by atoms with Gasteiger partial charge in [-0.1, -0.05) is 0 Å². The zero-order chi connectivity index (χ0) is 12.5. The molecule has 0 radical (unpaired) electrons. The summed E-state index contributed by atoms with van der Waals surface area (Å²) in [4.78, 5) is 3.72. The van der Waals surface area contributed by atoms with E-state index in [9.17, 15) is 13.2 Å². The van der Waals surface area contributed by atoms with Crippen LogP contribution in [0.1, 0.15) is 5.56 Å². The molecule has 1 heterocycles. The Morgan fingerprint density at radius 3 is 2.29 bits per heavy atom. The molecule has 0 aliphatic carbocycles. The lowest BCUT2D eigenvalue weighted by Crippen LogP contribution is -2.04. The van der Waals surface area contributed by atoms with Crippen LogP contribution in [0.3, 0.4) is 0 Å². The number of anilines is 1. The van der Waals surface area contributed by atoms with Crippen LogP contribution in [0.4, 0.5) is 18.3 Å². The average molecular weight is 261 g/mol. The van der Waals surface area contributed by atoms with Gasteiger partial charge >= 0.3 is 12.2 Å². The summed E-state index contributed by atoms with van der Waals surface area (Å²) in [5.41, 5.74) is 4.59. The molecule has 0 atom stereocenters. The predicted octanol–water partition coefficient (Wildman–Crippen LogP) is 2.93. The molecule has 2 N–H and O–H groups in total. The summed E-state index contributed by atoms with van der Waals surface area (Å²) in [6.07, 6.45) is -4.36. The van der Waals surface area contributed by atoms with Crippen molar-refractivity contribution in [2.75, 3.05) is 5.73 Å². The van der Waals surface area contributed by atoms with Crippen molar-refractivity contribution in [1.82, 2.24) is 9.36 Å². The highest BCUT2D eigenvalue weighted by Crippen LogP contribution is 2.31. The third-order valence-corrected chi connectivity index (χ3v) is 2.34. The molecule has 0 unspecified atom stereocenters. The Hall–Kier alpha value is -1.83. The Morgan fingerprint density at radius 1 is 1.18 bits per heavy atom. The summed E-state index contributed by atoms with van der Waals surface area (Å²) in [5.74, 6) is 0.218. The molecule has 90 valence electrons. The number of aromatic nitrogens is 2. The Balaban J connectivity index is 2.13. The van der Waals surface area contributed by atoms with Gasteiger partial charge in [0.1, 0.15) is 5.75 Å². The summed E-state index contributed by atoms with van der Waals surface area (Å²) < 4.78 is 45.7. The number of alkyl halides is 3. The zero-order valence-corrected chi connectivity index (χ0v) is 9.05. The third kappa shape index (κ3) is 2.84. The van der Waals surface area contributed by atoms with Crippen molar-refractivity contribution in [2.24, 2.45) is 0 Å². The smallest absolute Gasteiger partial charge is 0.416 e. The number of nitrogens with zero attached hydrogens (tertiary/aromatic N) is 2. The predicted molar refractivity (Wildman–Crippen MR) is 55.8 cm³/mol. The lowest BCUT2D eigenvalue weighted by Gasteiger charge is -2.06. The first kappa shape index (κ1) is 11.6. The molecule has 0 saturated heterocycles. The molecule has 4 nitrogen and oxygen atoms in total. The maximum Gasteiger partial charge on any atom is 0.416 e. The van der Waals surface area contributed by atoms with Gasteiger partial charge in [-0.25, -0.2) is 0 Å². The molecule has 0 fully saturated rings. The van der Waals surface area contributed by atoms with E-state index >= 15 is 0 Å². The topological polar surface area (TPSA) is 61.0 Å². The monoisotopic (exact) mass is 261 g/mol. The lowest BCUT2D eigenvalue weighted by molar-refractivity contribution is -0.137. The van der Waals surface area contributed by atoms with Crippen LogP contribution in [0, 0.1) is 0 Å². The SMILES string of the molecule is Nc1nc(Oc2ccc(C(F)(F)F)cc2)ns1. The Labute approximate surface area is 98.0 Å². The van der Waals surface area contributed by atoms with Crippen molar-refractivity contribution >= 4 is 16.7 Å². The van der Waals surface area contributed by atoms with Gasteiger partial charge in [-0.15, -0.1) is 4.37 Å². The number of ether oxygens (including phenoxy) is 1. The van der Waals surface area contributed by atoms with Crippen molar-refractivity contribution in [3.63, 3.8) is 0 Å².